The van der Waals surface area contributed by atoms with Crippen molar-refractivity contribution in [2.45, 2.75) is 17.6 Å². The normalized spacial score (nSPS) is 10.3. The van der Waals surface area contributed by atoms with E-state index in [2.05, 4.69) is 12.1 Å². The first-order chi connectivity index (χ1) is 8.72. The van der Waals surface area contributed by atoms with E-state index < -0.39 is 0 Å². The van der Waals surface area contributed by atoms with Crippen molar-refractivity contribution in [3.05, 3.63) is 51.7 Å². The molecule has 1 aromatic heterocycles. The Balaban J connectivity index is 2.14. The Hall–Kier alpha value is -1.26. The molecule has 0 amide bonds. The Morgan fingerprint density at radius 2 is 2.06 bits per heavy atom. The molecule has 0 aliphatic heterocycles. The van der Waals surface area contributed by atoms with Crippen LogP contribution in [0.1, 0.15) is 20.8 Å². The van der Waals surface area contributed by atoms with Gasteiger partial charge in [-0.1, -0.05) is 30.3 Å². The van der Waals surface area contributed by atoms with E-state index >= 15 is 0 Å². The van der Waals surface area contributed by atoms with Crippen LogP contribution in [0.3, 0.4) is 0 Å². The number of hydrogen-bond acceptors (Lipinski definition) is 4. The molecule has 0 saturated carbocycles. The lowest BCUT2D eigenvalue weighted by Gasteiger charge is -2.04. The number of methoxy groups -OCH3 is 1. The van der Waals surface area contributed by atoms with Crippen LogP contribution in [-0.4, -0.2) is 13.1 Å². The minimum Gasteiger partial charge on any atom is -0.465 e. The fraction of sp³-hybridized carbons (Fsp3) is 0.214. The smallest absolute Gasteiger partial charge is 0.339 e. The molecule has 0 atom stereocenters. The minimum absolute atomic E-state index is 0.255. The van der Waals surface area contributed by atoms with Gasteiger partial charge in [-0.25, -0.2) is 4.79 Å². The lowest BCUT2D eigenvalue weighted by molar-refractivity contribution is 0.0597. The van der Waals surface area contributed by atoms with E-state index in [0.717, 1.165) is 15.5 Å². The lowest BCUT2D eigenvalue weighted by atomic mass is 10.2. The van der Waals surface area contributed by atoms with Gasteiger partial charge in [0, 0.05) is 20.9 Å². The number of thioether (sulfide) groups is 1. The van der Waals surface area contributed by atoms with E-state index in [-0.39, 0.29) is 5.97 Å². The number of carbonyl (C=O) groups excluding carboxylic acids is 1. The molecule has 1 heterocycles. The summed E-state index contributed by atoms with van der Waals surface area (Å²) in [5, 5.41) is 1.87. The molecule has 1 aromatic carbocycles. The van der Waals surface area contributed by atoms with Crippen LogP contribution in [0.4, 0.5) is 0 Å². The van der Waals surface area contributed by atoms with Gasteiger partial charge in [0.05, 0.1) is 12.7 Å². The molecular weight excluding hydrogens is 264 g/mol. The van der Waals surface area contributed by atoms with Gasteiger partial charge >= 0.3 is 5.97 Å². The van der Waals surface area contributed by atoms with Crippen LogP contribution in [0.25, 0.3) is 0 Å². The molecule has 4 heteroatoms. The van der Waals surface area contributed by atoms with Crippen molar-refractivity contribution in [3.8, 4) is 0 Å². The predicted octanol–water partition coefficient (Wildman–Crippen LogP) is 4.14. The molecule has 0 spiro atoms. The number of ether oxygens (including phenoxy) is 1. The summed E-state index contributed by atoms with van der Waals surface area (Å²) < 4.78 is 4.80. The zero-order valence-corrected chi connectivity index (χ0v) is 11.9. The zero-order valence-electron chi connectivity index (χ0n) is 10.3. The summed E-state index contributed by atoms with van der Waals surface area (Å²) in [7, 11) is 1.42. The van der Waals surface area contributed by atoms with E-state index in [1.807, 2.05) is 30.5 Å². The predicted molar refractivity (Wildman–Crippen MR) is 76.4 cm³/mol. The quantitative estimate of drug-likeness (QED) is 0.621. The Bertz CT molecular complexity index is 532. The summed E-state index contributed by atoms with van der Waals surface area (Å²) in [5.74, 6) is 0.609. The third-order valence-electron chi connectivity index (χ3n) is 2.55. The molecular formula is C14H14O2S2. The highest BCUT2D eigenvalue weighted by molar-refractivity contribution is 7.98. The third kappa shape index (κ3) is 2.94. The number of rotatable bonds is 4. The van der Waals surface area contributed by atoms with Gasteiger partial charge in [-0.15, -0.1) is 23.1 Å². The average Bonchev–Trinajstić information content (AvgIpc) is 2.78. The van der Waals surface area contributed by atoms with Crippen LogP contribution < -0.4 is 0 Å². The second-order valence-corrected chi connectivity index (χ2v) is 5.87. The van der Waals surface area contributed by atoms with Crippen LogP contribution in [0.15, 0.2) is 40.6 Å². The molecule has 0 fully saturated rings. The number of benzene rings is 1. The van der Waals surface area contributed by atoms with Crippen molar-refractivity contribution in [1.82, 2.24) is 0 Å². The van der Waals surface area contributed by atoms with Gasteiger partial charge in [0.2, 0.25) is 0 Å². The number of aryl methyl sites for hydroxylation is 1. The summed E-state index contributed by atoms with van der Waals surface area (Å²) in [5.41, 5.74) is 1.94. The van der Waals surface area contributed by atoms with Gasteiger partial charge < -0.3 is 4.74 Å². The van der Waals surface area contributed by atoms with E-state index in [9.17, 15) is 4.79 Å². The molecule has 0 saturated heterocycles. The van der Waals surface area contributed by atoms with Gasteiger partial charge in [-0.2, -0.15) is 0 Å². The molecule has 2 nitrogen and oxygen atoms in total. The van der Waals surface area contributed by atoms with Gasteiger partial charge in [0.15, 0.2) is 0 Å². The summed E-state index contributed by atoms with van der Waals surface area (Å²) in [6.07, 6.45) is 0. The van der Waals surface area contributed by atoms with E-state index in [4.69, 9.17) is 4.74 Å². The lowest BCUT2D eigenvalue weighted by Crippen LogP contribution is -2.01. The van der Waals surface area contributed by atoms with Crippen molar-refractivity contribution in [2.24, 2.45) is 0 Å². The largest absolute Gasteiger partial charge is 0.465 e. The molecule has 0 radical (unpaired) electrons. The second-order valence-electron chi connectivity index (χ2n) is 3.80. The van der Waals surface area contributed by atoms with Crippen molar-refractivity contribution in [3.63, 3.8) is 0 Å². The average molecular weight is 278 g/mol. The van der Waals surface area contributed by atoms with Crippen molar-refractivity contribution < 1.29 is 9.53 Å². The standard InChI is InChI=1S/C14H14O2S2/c1-10-13(12(9-17-10)14(15)16-2)18-8-11-6-4-3-5-7-11/h3-7,9H,8H2,1-2H3. The van der Waals surface area contributed by atoms with E-state index in [0.29, 0.717) is 5.56 Å². The Labute approximate surface area is 115 Å². The molecule has 2 rings (SSSR count). The maximum Gasteiger partial charge on any atom is 0.339 e. The number of thiophene rings is 1. The maximum absolute atomic E-state index is 11.6. The molecule has 2 aromatic rings. The Morgan fingerprint density at radius 3 is 2.72 bits per heavy atom. The summed E-state index contributed by atoms with van der Waals surface area (Å²) in [6, 6.07) is 10.2. The molecule has 0 unspecified atom stereocenters. The van der Waals surface area contributed by atoms with E-state index in [1.54, 1.807) is 23.1 Å². The highest BCUT2D eigenvalue weighted by Crippen LogP contribution is 2.34. The summed E-state index contributed by atoms with van der Waals surface area (Å²) in [6.45, 7) is 2.03. The first-order valence-electron chi connectivity index (χ1n) is 5.55. The minimum atomic E-state index is -0.255. The Morgan fingerprint density at radius 1 is 1.33 bits per heavy atom. The van der Waals surface area contributed by atoms with Crippen molar-refractivity contribution >= 4 is 29.1 Å². The molecule has 0 aliphatic rings. The number of carbonyl (C=O) groups is 1. The van der Waals surface area contributed by atoms with Crippen LogP contribution in [-0.2, 0) is 10.5 Å². The monoisotopic (exact) mass is 278 g/mol. The zero-order chi connectivity index (χ0) is 13.0. The van der Waals surface area contributed by atoms with Gasteiger partial charge in [0.25, 0.3) is 0 Å². The highest BCUT2D eigenvalue weighted by Gasteiger charge is 2.16. The van der Waals surface area contributed by atoms with Crippen LogP contribution >= 0.6 is 23.1 Å². The fourth-order valence-corrected chi connectivity index (χ4v) is 3.73. The highest BCUT2D eigenvalue weighted by atomic mass is 32.2. The number of esters is 1. The van der Waals surface area contributed by atoms with Gasteiger partial charge in [0.1, 0.15) is 0 Å². The van der Waals surface area contributed by atoms with Crippen molar-refractivity contribution in [2.75, 3.05) is 7.11 Å². The fourth-order valence-electron chi connectivity index (χ4n) is 1.60. The van der Waals surface area contributed by atoms with Gasteiger partial charge in [-0.05, 0) is 12.5 Å². The van der Waals surface area contributed by atoms with Crippen molar-refractivity contribution in [1.29, 1.82) is 0 Å². The number of hydrogen-bond donors (Lipinski definition) is 0. The van der Waals surface area contributed by atoms with Crippen LogP contribution in [0.2, 0.25) is 0 Å². The van der Waals surface area contributed by atoms with E-state index in [1.165, 1.54) is 12.7 Å². The second kappa shape index (κ2) is 6.07. The SMILES string of the molecule is COC(=O)c1csc(C)c1SCc1ccccc1. The third-order valence-corrected chi connectivity index (χ3v) is 4.88. The summed E-state index contributed by atoms with van der Waals surface area (Å²) in [4.78, 5) is 13.8. The molecule has 18 heavy (non-hydrogen) atoms. The molecule has 94 valence electrons. The first-order valence-corrected chi connectivity index (χ1v) is 7.42. The van der Waals surface area contributed by atoms with Crippen LogP contribution in [0.5, 0.6) is 0 Å². The van der Waals surface area contributed by atoms with Gasteiger partial charge in [-0.3, -0.25) is 0 Å². The maximum atomic E-state index is 11.6. The topological polar surface area (TPSA) is 26.3 Å². The molecule has 0 aliphatic carbocycles. The Kier molecular flexibility index (Phi) is 4.44. The molecule has 0 N–H and O–H groups in total. The first kappa shape index (κ1) is 13.2. The molecule has 0 bridgehead atoms. The summed E-state index contributed by atoms with van der Waals surface area (Å²) >= 11 is 3.27. The van der Waals surface area contributed by atoms with Crippen LogP contribution in [0, 0.1) is 6.92 Å².